The lowest BCUT2D eigenvalue weighted by Crippen LogP contribution is -2.26. The summed E-state index contributed by atoms with van der Waals surface area (Å²) in [7, 11) is 0. The van der Waals surface area contributed by atoms with E-state index in [0.29, 0.717) is 5.69 Å². The Labute approximate surface area is 123 Å². The van der Waals surface area contributed by atoms with Crippen molar-refractivity contribution in [2.24, 2.45) is 5.73 Å². The third-order valence-corrected chi connectivity index (χ3v) is 2.75. The Morgan fingerprint density at radius 1 is 1.36 bits per heavy atom. The molecule has 0 unspecified atom stereocenters. The number of halogens is 2. The number of nitrogens with two attached hydrogens (primary N) is 1. The Hall–Kier alpha value is -2.97. The molecule has 1 heterocycles. The molecule has 0 atom stereocenters. The van der Waals surface area contributed by atoms with Gasteiger partial charge in [-0.15, -0.1) is 0 Å². The highest BCUT2D eigenvalue weighted by Crippen LogP contribution is 2.06. The van der Waals surface area contributed by atoms with Gasteiger partial charge in [-0.25, -0.2) is 27.6 Å². The Bertz CT molecular complexity index is 749. The molecule has 1 amide bonds. The number of nitrogens with zero attached hydrogens (tertiary/aromatic N) is 3. The number of rotatable bonds is 5. The summed E-state index contributed by atoms with van der Waals surface area (Å²) in [6.45, 7) is -0.599. The van der Waals surface area contributed by atoms with Gasteiger partial charge in [0.1, 0.15) is 18.8 Å². The molecule has 0 bridgehead atoms. The lowest BCUT2D eigenvalue weighted by molar-refractivity contribution is 0.164. The van der Waals surface area contributed by atoms with Crippen molar-refractivity contribution in [3.8, 4) is 5.69 Å². The van der Waals surface area contributed by atoms with Crippen LogP contribution in [0.1, 0.15) is 0 Å². The van der Waals surface area contributed by atoms with E-state index in [2.05, 4.69) is 9.84 Å². The fourth-order valence-electron chi connectivity index (χ4n) is 1.69. The number of hydrogen-bond donors (Lipinski definition) is 1. The average Bonchev–Trinajstić information content (AvgIpc) is 2.85. The van der Waals surface area contributed by atoms with Gasteiger partial charge in [0.15, 0.2) is 0 Å². The van der Waals surface area contributed by atoms with Gasteiger partial charge in [0.2, 0.25) is 0 Å². The van der Waals surface area contributed by atoms with E-state index in [9.17, 15) is 18.4 Å². The summed E-state index contributed by atoms with van der Waals surface area (Å²) in [6, 6.07) is 5.22. The molecule has 1 aromatic heterocycles. The van der Waals surface area contributed by atoms with Crippen molar-refractivity contribution in [3.05, 3.63) is 58.8 Å². The third kappa shape index (κ3) is 3.57. The molecule has 0 aliphatic heterocycles. The fourth-order valence-corrected chi connectivity index (χ4v) is 1.69. The molecule has 9 heteroatoms. The molecule has 7 nitrogen and oxygen atoms in total. The quantitative estimate of drug-likeness (QED) is 0.895. The first-order valence-corrected chi connectivity index (χ1v) is 6.12. The summed E-state index contributed by atoms with van der Waals surface area (Å²) < 4.78 is 32.2. The van der Waals surface area contributed by atoms with Crippen LogP contribution in [0.5, 0.6) is 0 Å². The monoisotopic (exact) mass is 310 g/mol. The van der Waals surface area contributed by atoms with Crippen LogP contribution < -0.4 is 11.4 Å². The molecule has 0 aliphatic rings. The molecule has 2 N–H and O–H groups in total. The summed E-state index contributed by atoms with van der Waals surface area (Å²) in [5.41, 5.74) is 4.65. The smallest absolute Gasteiger partial charge is 0.404 e. The molecule has 0 aliphatic carbocycles. The van der Waals surface area contributed by atoms with E-state index in [1.165, 1.54) is 35.2 Å². The number of benzene rings is 1. The zero-order valence-electron chi connectivity index (χ0n) is 11.3. The normalized spacial score (nSPS) is 11.5. The van der Waals surface area contributed by atoms with Gasteiger partial charge in [0.25, 0.3) is 0 Å². The first-order chi connectivity index (χ1) is 10.5. The van der Waals surface area contributed by atoms with Gasteiger partial charge in [-0.05, 0) is 24.3 Å². The maximum atomic E-state index is 12.9. The summed E-state index contributed by atoms with van der Waals surface area (Å²) >= 11 is 0. The molecule has 116 valence electrons. The van der Waals surface area contributed by atoms with Crippen LogP contribution in [-0.2, 0) is 11.3 Å². The zero-order chi connectivity index (χ0) is 16.1. The molecule has 0 saturated heterocycles. The lowest BCUT2D eigenvalue weighted by Gasteiger charge is -2.05. The van der Waals surface area contributed by atoms with Gasteiger partial charge in [0.05, 0.1) is 18.6 Å². The first-order valence-electron chi connectivity index (χ1n) is 6.12. The van der Waals surface area contributed by atoms with Crippen molar-refractivity contribution in [2.45, 2.75) is 6.54 Å². The Morgan fingerprint density at radius 2 is 2.05 bits per heavy atom. The maximum Gasteiger partial charge on any atom is 0.404 e. The second-order valence-corrected chi connectivity index (χ2v) is 4.29. The number of carbonyl (C=O) groups excluding carboxylic acids is 1. The highest BCUT2D eigenvalue weighted by Gasteiger charge is 2.10. The first kappa shape index (κ1) is 15.4. The van der Waals surface area contributed by atoms with Crippen LogP contribution in [0.3, 0.4) is 0 Å². The molecule has 2 rings (SSSR count). The van der Waals surface area contributed by atoms with Crippen molar-refractivity contribution >= 4 is 6.09 Å². The SMILES string of the molecule is NC(=O)OC/C(=C/F)Cn1ncn(-c2ccc(F)cc2)c1=O. The minimum Gasteiger partial charge on any atom is -0.445 e. The molecule has 1 aromatic carbocycles. The predicted octanol–water partition coefficient (Wildman–Crippen LogP) is 1.12. The van der Waals surface area contributed by atoms with E-state index in [-0.39, 0.29) is 25.1 Å². The highest BCUT2D eigenvalue weighted by molar-refractivity contribution is 5.64. The Balaban J connectivity index is 2.19. The molecule has 0 radical (unpaired) electrons. The van der Waals surface area contributed by atoms with E-state index in [1.807, 2.05) is 0 Å². The molecular formula is C13H12F2N4O3. The van der Waals surface area contributed by atoms with Gasteiger partial charge >= 0.3 is 11.8 Å². The van der Waals surface area contributed by atoms with Gasteiger partial charge in [-0.1, -0.05) is 0 Å². The molecule has 0 fully saturated rings. The van der Waals surface area contributed by atoms with Gasteiger partial charge < -0.3 is 10.5 Å². The summed E-state index contributed by atoms with van der Waals surface area (Å²) in [4.78, 5) is 22.6. The minimum atomic E-state index is -1.05. The van der Waals surface area contributed by atoms with Crippen molar-refractivity contribution < 1.29 is 18.3 Å². The molecule has 2 aromatic rings. The van der Waals surface area contributed by atoms with E-state index < -0.39 is 17.6 Å². The number of aromatic nitrogens is 3. The Kier molecular flexibility index (Phi) is 4.66. The van der Waals surface area contributed by atoms with Crippen LogP contribution in [0, 0.1) is 5.82 Å². The minimum absolute atomic E-state index is 0.00487. The van der Waals surface area contributed by atoms with Crippen molar-refractivity contribution in [1.82, 2.24) is 14.3 Å². The second kappa shape index (κ2) is 6.66. The Morgan fingerprint density at radius 3 is 2.64 bits per heavy atom. The summed E-state index contributed by atoms with van der Waals surface area (Å²) in [5, 5.41) is 3.82. The summed E-state index contributed by atoms with van der Waals surface area (Å²) in [5.74, 6) is -0.435. The number of amides is 1. The van der Waals surface area contributed by atoms with Crippen LogP contribution in [-0.4, -0.2) is 27.0 Å². The highest BCUT2D eigenvalue weighted by atomic mass is 19.1. The number of ether oxygens (including phenoxy) is 1. The predicted molar refractivity (Wildman–Crippen MR) is 72.5 cm³/mol. The van der Waals surface area contributed by atoms with Crippen LogP contribution in [0.25, 0.3) is 5.69 Å². The van der Waals surface area contributed by atoms with Crippen molar-refractivity contribution in [3.63, 3.8) is 0 Å². The van der Waals surface area contributed by atoms with Gasteiger partial charge in [-0.3, -0.25) is 0 Å². The van der Waals surface area contributed by atoms with Crippen LogP contribution >= 0.6 is 0 Å². The van der Waals surface area contributed by atoms with E-state index in [4.69, 9.17) is 5.73 Å². The van der Waals surface area contributed by atoms with E-state index >= 15 is 0 Å². The van der Waals surface area contributed by atoms with Crippen LogP contribution in [0.2, 0.25) is 0 Å². The van der Waals surface area contributed by atoms with Gasteiger partial charge in [0, 0.05) is 5.57 Å². The third-order valence-electron chi connectivity index (χ3n) is 2.75. The topological polar surface area (TPSA) is 92.1 Å². The molecule has 0 spiro atoms. The second-order valence-electron chi connectivity index (χ2n) is 4.29. The van der Waals surface area contributed by atoms with E-state index in [1.54, 1.807) is 0 Å². The average molecular weight is 310 g/mol. The fraction of sp³-hybridized carbons (Fsp3) is 0.154. The number of primary amides is 1. The number of carbonyl (C=O) groups is 1. The van der Waals surface area contributed by atoms with E-state index in [0.717, 1.165) is 4.68 Å². The zero-order valence-corrected chi connectivity index (χ0v) is 11.3. The molecule has 0 saturated carbocycles. The van der Waals surface area contributed by atoms with Crippen LogP contribution in [0.4, 0.5) is 13.6 Å². The lowest BCUT2D eigenvalue weighted by atomic mass is 10.3. The standard InChI is InChI=1S/C13H12F2N4O3/c14-5-9(7-22-12(16)20)6-19-13(21)18(8-17-19)11-3-1-10(15)2-4-11/h1-5,8H,6-7H2,(H2,16,20)/b9-5+. The van der Waals surface area contributed by atoms with Gasteiger partial charge in [-0.2, -0.15) is 5.10 Å². The van der Waals surface area contributed by atoms with Crippen molar-refractivity contribution in [1.29, 1.82) is 0 Å². The summed E-state index contributed by atoms with van der Waals surface area (Å²) in [6.07, 6.45) is 0.385. The molecule has 22 heavy (non-hydrogen) atoms. The maximum absolute atomic E-state index is 12.9. The largest absolute Gasteiger partial charge is 0.445 e. The number of hydrogen-bond acceptors (Lipinski definition) is 4. The molecular weight excluding hydrogens is 298 g/mol. The van der Waals surface area contributed by atoms with Crippen molar-refractivity contribution in [2.75, 3.05) is 6.61 Å². The van der Waals surface area contributed by atoms with Crippen LogP contribution in [0.15, 0.2) is 47.3 Å².